The van der Waals surface area contributed by atoms with E-state index in [-0.39, 0.29) is 11.9 Å². The minimum Gasteiger partial charge on any atom is -0.345 e. The first-order valence-electron chi connectivity index (χ1n) is 6.33. The summed E-state index contributed by atoms with van der Waals surface area (Å²) in [5.41, 5.74) is 8.50. The summed E-state index contributed by atoms with van der Waals surface area (Å²) in [5, 5.41) is 2.83. The second kappa shape index (κ2) is 6.15. The summed E-state index contributed by atoms with van der Waals surface area (Å²) in [5.74, 6) is -0.0522. The minimum absolute atomic E-state index is 0.0522. The molecule has 0 saturated heterocycles. The normalized spacial score (nSPS) is 12.1. The number of aromatic nitrogens is 2. The number of hydrogen-bond acceptors (Lipinski definition) is 3. The van der Waals surface area contributed by atoms with Gasteiger partial charge >= 0.3 is 0 Å². The molecule has 5 heteroatoms. The highest BCUT2D eigenvalue weighted by Crippen LogP contribution is 2.18. The molecule has 1 aromatic heterocycles. The fourth-order valence-corrected chi connectivity index (χ4v) is 1.74. The van der Waals surface area contributed by atoms with Crippen LogP contribution >= 0.6 is 0 Å². The van der Waals surface area contributed by atoms with Gasteiger partial charge in [0.25, 0.3) is 0 Å². The smallest absolute Gasteiger partial charge is 0.225 e. The molecule has 5 nitrogen and oxygen atoms in total. The maximum absolute atomic E-state index is 11.7. The zero-order valence-electron chi connectivity index (χ0n) is 10.9. The predicted octanol–water partition coefficient (Wildman–Crippen LogP) is 2.14. The molecule has 1 heterocycles. The molecule has 2 rings (SSSR count). The maximum atomic E-state index is 11.7. The number of nitrogens with zero attached hydrogens (tertiary/aromatic N) is 1. The van der Waals surface area contributed by atoms with E-state index in [0.717, 1.165) is 23.4 Å². The molecule has 0 spiro atoms. The Morgan fingerprint density at radius 3 is 2.74 bits per heavy atom. The number of nitrogens with two attached hydrogens (primary N) is 1. The predicted molar refractivity (Wildman–Crippen MR) is 75.5 cm³/mol. The second-order valence-corrected chi connectivity index (χ2v) is 4.46. The van der Waals surface area contributed by atoms with Crippen molar-refractivity contribution in [2.75, 3.05) is 5.32 Å². The molecule has 19 heavy (non-hydrogen) atoms. The first-order valence-corrected chi connectivity index (χ1v) is 6.33. The maximum Gasteiger partial charge on any atom is 0.225 e. The van der Waals surface area contributed by atoms with Gasteiger partial charge in [-0.05, 0) is 24.1 Å². The minimum atomic E-state index is -0.0794. The van der Waals surface area contributed by atoms with Crippen molar-refractivity contribution in [3.8, 4) is 11.3 Å². The Morgan fingerprint density at radius 2 is 2.16 bits per heavy atom. The molecule has 0 fully saturated rings. The molecule has 1 amide bonds. The quantitative estimate of drug-likeness (QED) is 0.768. The average molecular weight is 258 g/mol. The lowest BCUT2D eigenvalue weighted by atomic mass is 10.1. The second-order valence-electron chi connectivity index (χ2n) is 4.46. The molecule has 1 atom stereocenters. The molecule has 1 unspecified atom stereocenters. The topological polar surface area (TPSA) is 83.8 Å². The van der Waals surface area contributed by atoms with Crippen LogP contribution in [0.3, 0.4) is 0 Å². The molecule has 0 aliphatic carbocycles. The summed E-state index contributed by atoms with van der Waals surface area (Å²) in [4.78, 5) is 18.7. The van der Waals surface area contributed by atoms with E-state index in [9.17, 15) is 4.79 Å². The Kier molecular flexibility index (Phi) is 4.30. The number of anilines is 1. The van der Waals surface area contributed by atoms with E-state index in [1.165, 1.54) is 0 Å². The van der Waals surface area contributed by atoms with Crippen LogP contribution in [0, 0.1) is 0 Å². The van der Waals surface area contributed by atoms with E-state index in [1.54, 1.807) is 12.5 Å². The van der Waals surface area contributed by atoms with Crippen LogP contribution in [0.2, 0.25) is 0 Å². The third-order valence-electron chi connectivity index (χ3n) is 2.95. The van der Waals surface area contributed by atoms with Crippen molar-refractivity contribution in [2.45, 2.75) is 25.8 Å². The monoisotopic (exact) mass is 258 g/mol. The summed E-state index contributed by atoms with van der Waals surface area (Å²) < 4.78 is 0. The van der Waals surface area contributed by atoms with E-state index < -0.39 is 0 Å². The average Bonchev–Trinajstić information content (AvgIpc) is 2.93. The van der Waals surface area contributed by atoms with E-state index >= 15 is 0 Å². The summed E-state index contributed by atoms with van der Waals surface area (Å²) in [6, 6.07) is 7.52. The summed E-state index contributed by atoms with van der Waals surface area (Å²) in [7, 11) is 0. The van der Waals surface area contributed by atoms with Gasteiger partial charge in [-0.25, -0.2) is 4.98 Å². The van der Waals surface area contributed by atoms with Crippen molar-refractivity contribution in [3.05, 3.63) is 36.8 Å². The van der Waals surface area contributed by atoms with Crippen LogP contribution in [-0.4, -0.2) is 21.9 Å². The van der Waals surface area contributed by atoms with Gasteiger partial charge in [-0.3, -0.25) is 4.79 Å². The largest absolute Gasteiger partial charge is 0.345 e. The number of carbonyl (C=O) groups excluding carboxylic acids is 1. The molecule has 0 saturated carbocycles. The van der Waals surface area contributed by atoms with Crippen molar-refractivity contribution in [3.63, 3.8) is 0 Å². The van der Waals surface area contributed by atoms with Crippen LogP contribution in [0.5, 0.6) is 0 Å². The first-order chi connectivity index (χ1) is 9.19. The van der Waals surface area contributed by atoms with Gasteiger partial charge in [-0.15, -0.1) is 0 Å². The third kappa shape index (κ3) is 3.66. The molecular formula is C14H18N4O. The van der Waals surface area contributed by atoms with Gasteiger partial charge in [-0.1, -0.05) is 19.1 Å². The standard InChI is InChI=1S/C14H18N4O/c1-2-11(15)7-14(19)18-12-5-3-10(4-6-12)13-8-16-9-17-13/h3-6,8-9,11H,2,7,15H2,1H3,(H,16,17)(H,18,19). The number of nitrogens with one attached hydrogen (secondary N) is 2. The van der Waals surface area contributed by atoms with Crippen LogP contribution in [0.4, 0.5) is 5.69 Å². The molecule has 100 valence electrons. The lowest BCUT2D eigenvalue weighted by Crippen LogP contribution is -2.26. The van der Waals surface area contributed by atoms with E-state index in [1.807, 2.05) is 31.2 Å². The molecule has 2 aromatic rings. The van der Waals surface area contributed by atoms with Gasteiger partial charge in [0, 0.05) is 18.2 Å². The summed E-state index contributed by atoms with van der Waals surface area (Å²) in [6.07, 6.45) is 4.54. The van der Waals surface area contributed by atoms with Gasteiger partial charge in [0.2, 0.25) is 5.91 Å². The fraction of sp³-hybridized carbons (Fsp3) is 0.286. The summed E-state index contributed by atoms with van der Waals surface area (Å²) in [6.45, 7) is 1.97. The number of H-pyrrole nitrogens is 1. The summed E-state index contributed by atoms with van der Waals surface area (Å²) >= 11 is 0. The van der Waals surface area contributed by atoms with Gasteiger partial charge in [0.05, 0.1) is 18.2 Å². The molecule has 0 bridgehead atoms. The SMILES string of the molecule is CCC(N)CC(=O)Nc1ccc(-c2cnc[nH]2)cc1. The molecule has 1 aromatic carbocycles. The number of amides is 1. The number of hydrogen-bond donors (Lipinski definition) is 3. The van der Waals surface area contributed by atoms with E-state index in [4.69, 9.17) is 5.73 Å². The Balaban J connectivity index is 1.97. The first kappa shape index (κ1) is 13.3. The highest BCUT2D eigenvalue weighted by molar-refractivity contribution is 5.91. The molecular weight excluding hydrogens is 240 g/mol. The van der Waals surface area contributed by atoms with E-state index in [0.29, 0.717) is 6.42 Å². The highest BCUT2D eigenvalue weighted by Gasteiger charge is 2.08. The third-order valence-corrected chi connectivity index (χ3v) is 2.95. The highest BCUT2D eigenvalue weighted by atomic mass is 16.1. The fourth-order valence-electron chi connectivity index (χ4n) is 1.74. The Hall–Kier alpha value is -2.14. The van der Waals surface area contributed by atoms with Gasteiger partial charge in [0.1, 0.15) is 0 Å². The van der Waals surface area contributed by atoms with Gasteiger partial charge < -0.3 is 16.0 Å². The van der Waals surface area contributed by atoms with Crippen LogP contribution < -0.4 is 11.1 Å². The van der Waals surface area contributed by atoms with Crippen LogP contribution in [-0.2, 0) is 4.79 Å². The zero-order chi connectivity index (χ0) is 13.7. The Labute approximate surface area is 112 Å². The van der Waals surface area contributed by atoms with Gasteiger partial charge in [-0.2, -0.15) is 0 Å². The number of carbonyl (C=O) groups is 1. The number of imidazole rings is 1. The number of benzene rings is 1. The van der Waals surface area contributed by atoms with Gasteiger partial charge in [0.15, 0.2) is 0 Å². The van der Waals surface area contributed by atoms with Crippen molar-refractivity contribution >= 4 is 11.6 Å². The molecule has 4 N–H and O–H groups in total. The van der Waals surface area contributed by atoms with Crippen molar-refractivity contribution in [1.29, 1.82) is 0 Å². The zero-order valence-corrected chi connectivity index (χ0v) is 10.9. The van der Waals surface area contributed by atoms with Crippen LogP contribution in [0.15, 0.2) is 36.8 Å². The van der Waals surface area contributed by atoms with Crippen molar-refractivity contribution in [1.82, 2.24) is 9.97 Å². The Morgan fingerprint density at radius 1 is 1.42 bits per heavy atom. The molecule has 0 aliphatic rings. The van der Waals surface area contributed by atoms with E-state index in [2.05, 4.69) is 15.3 Å². The van der Waals surface area contributed by atoms with Crippen LogP contribution in [0.1, 0.15) is 19.8 Å². The van der Waals surface area contributed by atoms with Crippen LogP contribution in [0.25, 0.3) is 11.3 Å². The molecule has 0 radical (unpaired) electrons. The lowest BCUT2D eigenvalue weighted by molar-refractivity contribution is -0.116. The Bertz CT molecular complexity index is 519. The number of rotatable bonds is 5. The lowest BCUT2D eigenvalue weighted by Gasteiger charge is -2.09. The van der Waals surface area contributed by atoms with Crippen molar-refractivity contribution < 1.29 is 4.79 Å². The van der Waals surface area contributed by atoms with Crippen molar-refractivity contribution in [2.24, 2.45) is 5.73 Å². The number of aromatic amines is 1. The molecule has 0 aliphatic heterocycles.